The van der Waals surface area contributed by atoms with Gasteiger partial charge in [-0.15, -0.1) is 0 Å². The molecule has 80 valence electrons. The molecule has 2 heterocycles. The molecule has 0 spiro atoms. The third-order valence-electron chi connectivity index (χ3n) is 2.76. The fraction of sp³-hybridized carbons (Fsp3) is 0.455. The summed E-state index contributed by atoms with van der Waals surface area (Å²) in [5.74, 6) is 0.509. The Kier molecular flexibility index (Phi) is 1.94. The molecule has 0 atom stereocenters. The Morgan fingerprint density at radius 1 is 1.27 bits per heavy atom. The average molecular weight is 209 g/mol. The van der Waals surface area contributed by atoms with Crippen molar-refractivity contribution in [3.8, 4) is 11.5 Å². The molecule has 4 heteroatoms. The molecule has 1 aromatic rings. The molecule has 0 aliphatic carbocycles. The molecular weight excluding hydrogens is 197 g/mol. The highest BCUT2D eigenvalue weighted by atomic mass is 19.1. The SMILES string of the molecule is Fc1c2c(cc3c1OCCCO3)CCN2. The van der Waals surface area contributed by atoms with Gasteiger partial charge in [0.1, 0.15) is 0 Å². The number of hydrogen-bond acceptors (Lipinski definition) is 3. The van der Waals surface area contributed by atoms with Crippen LogP contribution in [-0.2, 0) is 6.42 Å². The van der Waals surface area contributed by atoms with Crippen molar-refractivity contribution in [3.05, 3.63) is 17.4 Å². The van der Waals surface area contributed by atoms with E-state index in [2.05, 4.69) is 5.32 Å². The predicted molar refractivity (Wildman–Crippen MR) is 54.2 cm³/mol. The first kappa shape index (κ1) is 8.83. The number of rotatable bonds is 0. The Bertz CT molecular complexity index is 406. The monoisotopic (exact) mass is 209 g/mol. The quantitative estimate of drug-likeness (QED) is 0.708. The standard InChI is InChI=1S/C11H12FNO2/c12-9-10-7(2-3-13-10)6-8-11(9)15-5-1-4-14-8/h6,13H,1-5H2. The molecule has 0 aromatic heterocycles. The molecule has 3 rings (SSSR count). The second kappa shape index (κ2) is 3.29. The molecule has 0 fully saturated rings. The van der Waals surface area contributed by atoms with Crippen molar-refractivity contribution >= 4 is 5.69 Å². The highest BCUT2D eigenvalue weighted by Gasteiger charge is 2.24. The summed E-state index contributed by atoms with van der Waals surface area (Å²) in [6, 6.07) is 1.89. The van der Waals surface area contributed by atoms with Gasteiger partial charge in [0.2, 0.25) is 0 Å². The van der Waals surface area contributed by atoms with Gasteiger partial charge in [-0.1, -0.05) is 0 Å². The van der Waals surface area contributed by atoms with Crippen LogP contribution >= 0.6 is 0 Å². The third kappa shape index (κ3) is 1.32. The van der Waals surface area contributed by atoms with E-state index in [1.165, 1.54) is 0 Å². The van der Waals surface area contributed by atoms with Crippen LogP contribution in [0.4, 0.5) is 10.1 Å². The maximum atomic E-state index is 14.0. The van der Waals surface area contributed by atoms with Gasteiger partial charge in [0.15, 0.2) is 17.3 Å². The summed E-state index contributed by atoms with van der Waals surface area (Å²) in [4.78, 5) is 0. The van der Waals surface area contributed by atoms with Crippen molar-refractivity contribution in [3.63, 3.8) is 0 Å². The van der Waals surface area contributed by atoms with E-state index in [0.29, 0.717) is 24.7 Å². The minimum Gasteiger partial charge on any atom is -0.489 e. The summed E-state index contributed by atoms with van der Waals surface area (Å²) in [6.07, 6.45) is 1.65. The zero-order valence-corrected chi connectivity index (χ0v) is 8.31. The maximum absolute atomic E-state index is 14.0. The molecule has 3 nitrogen and oxygen atoms in total. The zero-order chi connectivity index (χ0) is 10.3. The van der Waals surface area contributed by atoms with Crippen LogP contribution < -0.4 is 14.8 Å². The number of benzene rings is 1. The van der Waals surface area contributed by atoms with E-state index in [4.69, 9.17) is 9.47 Å². The van der Waals surface area contributed by atoms with Crippen LogP contribution in [-0.4, -0.2) is 19.8 Å². The first-order valence-electron chi connectivity index (χ1n) is 5.21. The molecular formula is C11H12FNO2. The Balaban J connectivity index is 2.15. The fourth-order valence-electron chi connectivity index (χ4n) is 2.03. The fourth-order valence-corrected chi connectivity index (χ4v) is 2.03. The van der Waals surface area contributed by atoms with Crippen molar-refractivity contribution in [1.82, 2.24) is 0 Å². The molecule has 15 heavy (non-hydrogen) atoms. The lowest BCUT2D eigenvalue weighted by Crippen LogP contribution is -1.99. The van der Waals surface area contributed by atoms with Crippen LogP contribution in [0.3, 0.4) is 0 Å². The van der Waals surface area contributed by atoms with E-state index < -0.39 is 0 Å². The number of fused-ring (bicyclic) bond motifs is 2. The molecule has 0 saturated carbocycles. The van der Waals surface area contributed by atoms with Gasteiger partial charge in [-0.25, -0.2) is 4.39 Å². The van der Waals surface area contributed by atoms with Crippen molar-refractivity contribution in [1.29, 1.82) is 0 Å². The van der Waals surface area contributed by atoms with E-state index in [1.807, 2.05) is 6.07 Å². The normalized spacial score (nSPS) is 17.9. The Morgan fingerprint density at radius 3 is 3.07 bits per heavy atom. The van der Waals surface area contributed by atoms with Gasteiger partial charge in [-0.3, -0.25) is 0 Å². The van der Waals surface area contributed by atoms with E-state index in [9.17, 15) is 4.39 Å². The highest BCUT2D eigenvalue weighted by molar-refractivity contribution is 5.64. The maximum Gasteiger partial charge on any atom is 0.199 e. The predicted octanol–water partition coefficient (Wildman–Crippen LogP) is 1.95. The molecule has 2 aliphatic rings. The van der Waals surface area contributed by atoms with Gasteiger partial charge >= 0.3 is 0 Å². The van der Waals surface area contributed by atoms with Crippen LogP contribution in [0.25, 0.3) is 0 Å². The molecule has 1 aromatic carbocycles. The van der Waals surface area contributed by atoms with Gasteiger partial charge in [-0.05, 0) is 18.1 Å². The lowest BCUT2D eigenvalue weighted by Gasteiger charge is -2.11. The van der Waals surface area contributed by atoms with Crippen LogP contribution in [0.5, 0.6) is 11.5 Å². The van der Waals surface area contributed by atoms with Crippen molar-refractivity contribution < 1.29 is 13.9 Å². The van der Waals surface area contributed by atoms with Gasteiger partial charge in [0.05, 0.1) is 18.9 Å². The molecule has 0 radical (unpaired) electrons. The molecule has 0 unspecified atom stereocenters. The molecule has 0 amide bonds. The van der Waals surface area contributed by atoms with Gasteiger partial charge < -0.3 is 14.8 Å². The summed E-state index contributed by atoms with van der Waals surface area (Å²) in [7, 11) is 0. The molecule has 0 saturated heterocycles. The van der Waals surface area contributed by atoms with Gasteiger partial charge in [0, 0.05) is 13.0 Å². The first-order valence-corrected chi connectivity index (χ1v) is 5.21. The number of nitrogens with one attached hydrogen (secondary N) is 1. The van der Waals surface area contributed by atoms with Crippen LogP contribution in [0.2, 0.25) is 0 Å². The van der Waals surface area contributed by atoms with E-state index in [0.717, 1.165) is 24.9 Å². The van der Waals surface area contributed by atoms with Crippen molar-refractivity contribution in [2.45, 2.75) is 12.8 Å². The number of halogens is 1. The summed E-state index contributed by atoms with van der Waals surface area (Å²) >= 11 is 0. The first-order chi connectivity index (χ1) is 7.36. The lowest BCUT2D eigenvalue weighted by atomic mass is 10.1. The Labute approximate surface area is 87.2 Å². The largest absolute Gasteiger partial charge is 0.489 e. The third-order valence-corrected chi connectivity index (χ3v) is 2.76. The number of ether oxygens (including phenoxy) is 2. The van der Waals surface area contributed by atoms with E-state index in [-0.39, 0.29) is 11.6 Å². The number of anilines is 1. The lowest BCUT2D eigenvalue weighted by molar-refractivity contribution is 0.292. The topological polar surface area (TPSA) is 30.5 Å². The van der Waals surface area contributed by atoms with Gasteiger partial charge in [-0.2, -0.15) is 0 Å². The average Bonchev–Trinajstić information content (AvgIpc) is 2.56. The van der Waals surface area contributed by atoms with E-state index in [1.54, 1.807) is 0 Å². The summed E-state index contributed by atoms with van der Waals surface area (Å²) < 4.78 is 24.8. The van der Waals surface area contributed by atoms with Crippen LogP contribution in [0, 0.1) is 5.82 Å². The van der Waals surface area contributed by atoms with E-state index >= 15 is 0 Å². The summed E-state index contributed by atoms with van der Waals surface area (Å²) in [5.41, 5.74) is 1.57. The smallest absolute Gasteiger partial charge is 0.199 e. The highest BCUT2D eigenvalue weighted by Crippen LogP contribution is 2.40. The number of hydrogen-bond donors (Lipinski definition) is 1. The van der Waals surface area contributed by atoms with Gasteiger partial charge in [0.25, 0.3) is 0 Å². The zero-order valence-electron chi connectivity index (χ0n) is 8.31. The summed E-state index contributed by atoms with van der Waals surface area (Å²) in [6.45, 7) is 1.90. The second-order valence-corrected chi connectivity index (χ2v) is 3.78. The molecule has 0 bridgehead atoms. The van der Waals surface area contributed by atoms with Crippen LogP contribution in [0.1, 0.15) is 12.0 Å². The minimum absolute atomic E-state index is 0.264. The molecule has 1 N–H and O–H groups in total. The molecule has 2 aliphatic heterocycles. The van der Waals surface area contributed by atoms with Crippen molar-refractivity contribution in [2.24, 2.45) is 0 Å². The Morgan fingerprint density at radius 2 is 2.13 bits per heavy atom. The Hall–Kier alpha value is -1.45. The minimum atomic E-state index is -0.304. The summed E-state index contributed by atoms with van der Waals surface area (Å²) in [5, 5.41) is 3.03. The van der Waals surface area contributed by atoms with Crippen LogP contribution in [0.15, 0.2) is 6.07 Å². The second-order valence-electron chi connectivity index (χ2n) is 3.78. The van der Waals surface area contributed by atoms with Crippen molar-refractivity contribution in [2.75, 3.05) is 25.1 Å².